The average Bonchev–Trinajstić information content (AvgIpc) is 1.38. The molecule has 0 aliphatic heterocycles. The minimum absolute atomic E-state index is 0.106. The SMILES string of the molecule is NC[CH](N)[Au]. The third kappa shape index (κ3) is 4.66. The Balaban J connectivity index is 2.54. The van der Waals surface area contributed by atoms with Crippen LogP contribution in [0.1, 0.15) is 0 Å². The summed E-state index contributed by atoms with van der Waals surface area (Å²) in [7, 11) is 0. The first-order chi connectivity index (χ1) is 2.27. The van der Waals surface area contributed by atoms with E-state index >= 15 is 0 Å². The second-order valence-corrected chi connectivity index (χ2v) is 2.30. The molecule has 0 rings (SSSR count). The molecule has 5 heavy (non-hydrogen) atoms. The van der Waals surface area contributed by atoms with Gasteiger partial charge in [0.2, 0.25) is 0 Å². The molecule has 36 valence electrons. The molecule has 0 heterocycles. The second kappa shape index (κ2) is 2.87. The fraction of sp³-hybridized carbons (Fsp3) is 1.00. The molecule has 0 aliphatic rings. The standard InChI is InChI=1S/C2H7N2.Au/c3-1-2-4;/h1H,2-4H2;. The van der Waals surface area contributed by atoms with Crippen molar-refractivity contribution in [3.63, 3.8) is 0 Å². The Bertz CT molecular complexity index is 21.6. The van der Waals surface area contributed by atoms with Gasteiger partial charge in [-0.3, -0.25) is 0 Å². The van der Waals surface area contributed by atoms with Gasteiger partial charge in [0.05, 0.1) is 0 Å². The first kappa shape index (κ1) is 5.66. The third-order valence-corrected chi connectivity index (χ3v) is 0.718. The van der Waals surface area contributed by atoms with Gasteiger partial charge in [0.25, 0.3) is 0 Å². The molecule has 1 atom stereocenters. The molecule has 0 amide bonds. The van der Waals surface area contributed by atoms with Gasteiger partial charge >= 0.3 is 43.3 Å². The van der Waals surface area contributed by atoms with E-state index < -0.39 is 0 Å². The Morgan fingerprint density at radius 2 is 2.00 bits per heavy atom. The summed E-state index contributed by atoms with van der Waals surface area (Å²) in [5.41, 5.74) is 10.2. The van der Waals surface area contributed by atoms with Crippen molar-refractivity contribution >= 4 is 0 Å². The normalized spacial score (nSPS) is 15.2. The minimum atomic E-state index is 0.106. The van der Waals surface area contributed by atoms with Gasteiger partial charge in [-0.1, -0.05) is 0 Å². The zero-order valence-electron chi connectivity index (χ0n) is 2.74. The molecular formula is C2H7AuN2. The van der Waals surface area contributed by atoms with Crippen LogP contribution in [0.5, 0.6) is 0 Å². The van der Waals surface area contributed by atoms with E-state index in [-0.39, 0.29) is 4.26 Å². The predicted molar refractivity (Wildman–Crippen MR) is 17.0 cm³/mol. The van der Waals surface area contributed by atoms with Crippen LogP contribution in [0, 0.1) is 0 Å². The van der Waals surface area contributed by atoms with Crippen molar-refractivity contribution in [2.75, 3.05) is 6.54 Å². The van der Waals surface area contributed by atoms with Crippen LogP contribution >= 0.6 is 0 Å². The maximum atomic E-state index is 5.14. The van der Waals surface area contributed by atoms with Gasteiger partial charge in [-0.05, 0) is 0 Å². The van der Waals surface area contributed by atoms with Gasteiger partial charge in [-0.15, -0.1) is 0 Å². The van der Waals surface area contributed by atoms with Crippen LogP contribution in [0.4, 0.5) is 0 Å². The van der Waals surface area contributed by atoms with Crippen LogP contribution in [0.15, 0.2) is 0 Å². The van der Waals surface area contributed by atoms with Crippen molar-refractivity contribution < 1.29 is 21.1 Å². The molecule has 0 aromatic heterocycles. The molecule has 1 unspecified atom stereocenters. The van der Waals surface area contributed by atoms with Gasteiger partial charge in [0.1, 0.15) is 0 Å². The topological polar surface area (TPSA) is 52.0 Å². The van der Waals surface area contributed by atoms with Crippen molar-refractivity contribution in [2.24, 2.45) is 11.5 Å². The van der Waals surface area contributed by atoms with E-state index in [1.807, 2.05) is 0 Å². The van der Waals surface area contributed by atoms with E-state index in [1.54, 1.807) is 0 Å². The summed E-state index contributed by atoms with van der Waals surface area (Å²) >= 11 is 2.22. The predicted octanol–water partition coefficient (Wildman–Crippen LogP) is -1.22. The number of rotatable bonds is 1. The summed E-state index contributed by atoms with van der Waals surface area (Å²) in [6.45, 7) is 0.559. The van der Waals surface area contributed by atoms with E-state index in [1.165, 1.54) is 0 Å². The number of nitrogens with two attached hydrogens (primary N) is 2. The summed E-state index contributed by atoms with van der Waals surface area (Å²) in [5, 5.41) is 0. The fourth-order valence-electron chi connectivity index (χ4n) is 0. The monoisotopic (exact) mass is 256 g/mol. The van der Waals surface area contributed by atoms with Crippen LogP contribution in [0.3, 0.4) is 0 Å². The molecule has 0 spiro atoms. The molecule has 3 heteroatoms. The summed E-state index contributed by atoms with van der Waals surface area (Å²) < 4.78 is 0.106. The Kier molecular flexibility index (Phi) is 3.25. The van der Waals surface area contributed by atoms with E-state index in [0.29, 0.717) is 6.54 Å². The van der Waals surface area contributed by atoms with Crippen molar-refractivity contribution in [3.05, 3.63) is 0 Å². The molecule has 4 N–H and O–H groups in total. The molecule has 0 aliphatic carbocycles. The zero-order valence-corrected chi connectivity index (χ0v) is 4.91. The average molecular weight is 256 g/mol. The van der Waals surface area contributed by atoms with E-state index in [4.69, 9.17) is 11.5 Å². The van der Waals surface area contributed by atoms with Gasteiger partial charge in [0, 0.05) is 0 Å². The Hall–Kier alpha value is 0.660. The number of hydrogen-bond acceptors (Lipinski definition) is 2. The van der Waals surface area contributed by atoms with Crippen molar-refractivity contribution in [2.45, 2.75) is 4.26 Å². The second-order valence-electron chi connectivity index (χ2n) is 0.695. The molecule has 0 fully saturated rings. The van der Waals surface area contributed by atoms with Crippen molar-refractivity contribution in [1.29, 1.82) is 0 Å². The van der Waals surface area contributed by atoms with Crippen molar-refractivity contribution in [1.82, 2.24) is 0 Å². The molecule has 0 radical (unpaired) electrons. The van der Waals surface area contributed by atoms with Crippen LogP contribution in [0.2, 0.25) is 0 Å². The molecule has 0 saturated heterocycles. The molecule has 0 aromatic rings. The summed E-state index contributed by atoms with van der Waals surface area (Å²) in [4.78, 5) is 0. The van der Waals surface area contributed by atoms with E-state index in [0.717, 1.165) is 0 Å². The van der Waals surface area contributed by atoms with Crippen LogP contribution in [-0.4, -0.2) is 10.8 Å². The number of hydrogen-bond donors (Lipinski definition) is 2. The van der Waals surface area contributed by atoms with E-state index in [9.17, 15) is 0 Å². The Morgan fingerprint density at radius 3 is 2.00 bits per heavy atom. The van der Waals surface area contributed by atoms with Gasteiger partial charge in [-0.25, -0.2) is 0 Å². The quantitative estimate of drug-likeness (QED) is 0.578. The molecule has 0 saturated carbocycles. The van der Waals surface area contributed by atoms with Crippen molar-refractivity contribution in [3.8, 4) is 0 Å². The zero-order chi connectivity index (χ0) is 4.28. The van der Waals surface area contributed by atoms with Crippen LogP contribution in [0.25, 0.3) is 0 Å². The maximum absolute atomic E-state index is 5.14. The molecule has 0 bridgehead atoms. The van der Waals surface area contributed by atoms with Crippen LogP contribution in [-0.2, 0) is 21.1 Å². The van der Waals surface area contributed by atoms with E-state index in [2.05, 4.69) is 21.1 Å². The fourth-order valence-corrected chi connectivity index (χ4v) is 0. The first-order valence-electron chi connectivity index (χ1n) is 1.32. The Labute approximate surface area is 43.8 Å². The van der Waals surface area contributed by atoms with Gasteiger partial charge in [-0.2, -0.15) is 0 Å². The Morgan fingerprint density at radius 1 is 1.80 bits per heavy atom. The van der Waals surface area contributed by atoms with Crippen LogP contribution < -0.4 is 11.5 Å². The summed E-state index contributed by atoms with van der Waals surface area (Å²) in [6.07, 6.45) is 0. The molecular weight excluding hydrogens is 249 g/mol. The summed E-state index contributed by atoms with van der Waals surface area (Å²) in [5.74, 6) is 0. The third-order valence-electron chi connectivity index (χ3n) is 0.207. The first-order valence-corrected chi connectivity index (χ1v) is 2.57. The molecule has 2 nitrogen and oxygen atoms in total. The van der Waals surface area contributed by atoms with Gasteiger partial charge in [0.15, 0.2) is 0 Å². The summed E-state index contributed by atoms with van der Waals surface area (Å²) in [6, 6.07) is 0. The van der Waals surface area contributed by atoms with Gasteiger partial charge < -0.3 is 0 Å². The molecule has 0 aromatic carbocycles.